The molecule has 8 heteroatoms. The quantitative estimate of drug-likeness (QED) is 0.738. The number of halogens is 3. The molecule has 1 atom stereocenters. The molecule has 4 nitrogen and oxygen atoms in total. The van der Waals surface area contributed by atoms with E-state index >= 15 is 0 Å². The summed E-state index contributed by atoms with van der Waals surface area (Å²) in [6.07, 6.45) is 2.24. The Kier molecular flexibility index (Phi) is 7.41. The largest absolute Gasteiger partial charge is 0.340 e. The molecule has 2 aromatic carbocycles. The number of nitrogens with one attached hydrogen (secondary N) is 2. The molecule has 0 aliphatic rings. The molecule has 0 radical (unpaired) electrons. The minimum absolute atomic E-state index is 0.107. The summed E-state index contributed by atoms with van der Waals surface area (Å²) in [7, 11) is 0. The molecule has 2 amide bonds. The lowest BCUT2D eigenvalue weighted by atomic mass is 10.1. The highest BCUT2D eigenvalue weighted by atomic mass is 35.5. The standard InChI is InChI=1S/C18H17ClF2N2O2S/c1-26-9-8-16(23-17(24)12-4-2-3-5-13(12)19)18(25)22-11-6-7-14(20)15(21)10-11/h2-7,10,16H,8-9H2,1H3,(H,22,25)(H,23,24)/t16-/m1/s1. The summed E-state index contributed by atoms with van der Waals surface area (Å²) in [5.74, 6) is -2.45. The van der Waals surface area contributed by atoms with Crippen LogP contribution in [0.1, 0.15) is 16.8 Å². The molecule has 0 aliphatic carbocycles. The molecule has 2 rings (SSSR count). The van der Waals surface area contributed by atoms with Gasteiger partial charge in [-0.1, -0.05) is 23.7 Å². The molecule has 0 aromatic heterocycles. The Balaban J connectivity index is 2.12. The first kappa shape index (κ1) is 20.2. The molecule has 26 heavy (non-hydrogen) atoms. The SMILES string of the molecule is CSCC[C@@H](NC(=O)c1ccccc1Cl)C(=O)Nc1ccc(F)c(F)c1. The zero-order valence-electron chi connectivity index (χ0n) is 13.9. The van der Waals surface area contributed by atoms with Gasteiger partial charge in [0.1, 0.15) is 6.04 Å². The third kappa shape index (κ3) is 5.44. The van der Waals surface area contributed by atoms with Gasteiger partial charge in [0.2, 0.25) is 5.91 Å². The second-order valence-corrected chi connectivity index (χ2v) is 6.80. The van der Waals surface area contributed by atoms with Crippen molar-refractivity contribution in [1.29, 1.82) is 0 Å². The Labute approximate surface area is 159 Å². The molecule has 0 saturated heterocycles. The van der Waals surface area contributed by atoms with Gasteiger partial charge in [-0.3, -0.25) is 9.59 Å². The zero-order chi connectivity index (χ0) is 19.1. The van der Waals surface area contributed by atoms with Crippen LogP contribution in [0.4, 0.5) is 14.5 Å². The van der Waals surface area contributed by atoms with Gasteiger partial charge in [0.25, 0.3) is 5.91 Å². The molecule has 0 fully saturated rings. The normalized spacial score (nSPS) is 11.7. The Morgan fingerprint density at radius 2 is 1.88 bits per heavy atom. The van der Waals surface area contributed by atoms with Gasteiger partial charge in [0, 0.05) is 11.8 Å². The lowest BCUT2D eigenvalue weighted by Crippen LogP contribution is -2.44. The third-order valence-corrected chi connectivity index (χ3v) is 4.51. The molecule has 0 bridgehead atoms. The van der Waals surface area contributed by atoms with Crippen LogP contribution in [0.5, 0.6) is 0 Å². The van der Waals surface area contributed by atoms with Crippen molar-refractivity contribution in [3.63, 3.8) is 0 Å². The molecule has 0 heterocycles. The molecule has 2 aromatic rings. The van der Waals surface area contributed by atoms with E-state index in [1.165, 1.54) is 17.8 Å². The first-order valence-electron chi connectivity index (χ1n) is 7.72. The molecular formula is C18H17ClF2N2O2S. The van der Waals surface area contributed by atoms with Crippen molar-refractivity contribution >= 4 is 40.9 Å². The van der Waals surface area contributed by atoms with Gasteiger partial charge in [-0.15, -0.1) is 0 Å². The fourth-order valence-corrected chi connectivity index (χ4v) is 2.88. The van der Waals surface area contributed by atoms with Crippen molar-refractivity contribution in [3.05, 3.63) is 64.7 Å². The van der Waals surface area contributed by atoms with Gasteiger partial charge in [-0.2, -0.15) is 11.8 Å². The maximum Gasteiger partial charge on any atom is 0.253 e. The van der Waals surface area contributed by atoms with E-state index in [2.05, 4.69) is 10.6 Å². The van der Waals surface area contributed by atoms with E-state index in [9.17, 15) is 18.4 Å². The van der Waals surface area contributed by atoms with E-state index in [1.54, 1.807) is 24.3 Å². The van der Waals surface area contributed by atoms with Gasteiger partial charge in [-0.25, -0.2) is 8.78 Å². The Morgan fingerprint density at radius 3 is 2.54 bits per heavy atom. The second kappa shape index (κ2) is 9.54. The van der Waals surface area contributed by atoms with Crippen LogP contribution in [0.15, 0.2) is 42.5 Å². The molecule has 0 aliphatic heterocycles. The molecule has 0 saturated carbocycles. The van der Waals surface area contributed by atoms with Crippen molar-refractivity contribution in [2.75, 3.05) is 17.3 Å². The summed E-state index contributed by atoms with van der Waals surface area (Å²) in [4.78, 5) is 24.9. The predicted octanol–water partition coefficient (Wildman–Crippen LogP) is 4.11. The highest BCUT2D eigenvalue weighted by Crippen LogP contribution is 2.17. The number of thioether (sulfide) groups is 1. The topological polar surface area (TPSA) is 58.2 Å². The number of anilines is 1. The van der Waals surface area contributed by atoms with Gasteiger partial charge >= 0.3 is 0 Å². The Bertz CT molecular complexity index is 805. The summed E-state index contributed by atoms with van der Waals surface area (Å²) in [5, 5.41) is 5.40. The molecule has 0 spiro atoms. The van der Waals surface area contributed by atoms with Crippen molar-refractivity contribution in [2.24, 2.45) is 0 Å². The number of hydrogen-bond donors (Lipinski definition) is 2. The van der Waals surface area contributed by atoms with Crippen LogP contribution in [0.25, 0.3) is 0 Å². The number of carbonyl (C=O) groups excluding carboxylic acids is 2. The van der Waals surface area contributed by atoms with Gasteiger partial charge in [0.05, 0.1) is 10.6 Å². The molecule has 0 unspecified atom stereocenters. The zero-order valence-corrected chi connectivity index (χ0v) is 15.5. The molecule has 2 N–H and O–H groups in total. The van der Waals surface area contributed by atoms with Crippen LogP contribution in [-0.2, 0) is 4.79 Å². The van der Waals surface area contributed by atoms with E-state index in [4.69, 9.17) is 11.6 Å². The average molecular weight is 399 g/mol. The van der Waals surface area contributed by atoms with E-state index < -0.39 is 29.5 Å². The third-order valence-electron chi connectivity index (χ3n) is 3.54. The lowest BCUT2D eigenvalue weighted by Gasteiger charge is -2.18. The maximum atomic E-state index is 13.3. The van der Waals surface area contributed by atoms with Gasteiger partial charge < -0.3 is 10.6 Å². The predicted molar refractivity (Wildman–Crippen MR) is 101 cm³/mol. The van der Waals surface area contributed by atoms with E-state index in [0.29, 0.717) is 12.2 Å². The Morgan fingerprint density at radius 1 is 1.15 bits per heavy atom. The highest BCUT2D eigenvalue weighted by molar-refractivity contribution is 7.98. The number of rotatable bonds is 7. The lowest BCUT2D eigenvalue weighted by molar-refractivity contribution is -0.118. The number of benzene rings is 2. The average Bonchev–Trinajstić information content (AvgIpc) is 2.61. The molecular weight excluding hydrogens is 382 g/mol. The first-order valence-corrected chi connectivity index (χ1v) is 9.49. The van der Waals surface area contributed by atoms with Crippen LogP contribution >= 0.6 is 23.4 Å². The van der Waals surface area contributed by atoms with Gasteiger partial charge in [-0.05, 0) is 42.7 Å². The second-order valence-electron chi connectivity index (χ2n) is 5.41. The maximum absolute atomic E-state index is 13.3. The minimum atomic E-state index is -1.07. The van der Waals surface area contributed by atoms with Crippen LogP contribution in [-0.4, -0.2) is 29.9 Å². The van der Waals surface area contributed by atoms with Crippen LogP contribution < -0.4 is 10.6 Å². The van der Waals surface area contributed by atoms with Crippen LogP contribution in [0.2, 0.25) is 5.02 Å². The van der Waals surface area contributed by atoms with E-state index in [-0.39, 0.29) is 16.3 Å². The van der Waals surface area contributed by atoms with E-state index in [0.717, 1.165) is 12.1 Å². The summed E-state index contributed by atoms with van der Waals surface area (Å²) in [5.41, 5.74) is 0.360. The van der Waals surface area contributed by atoms with E-state index in [1.807, 2.05) is 6.26 Å². The fraction of sp³-hybridized carbons (Fsp3) is 0.222. The Hall–Kier alpha value is -2.12. The van der Waals surface area contributed by atoms with Crippen LogP contribution in [0, 0.1) is 11.6 Å². The first-order chi connectivity index (χ1) is 12.4. The summed E-state index contributed by atoms with van der Waals surface area (Å²) in [6.45, 7) is 0. The number of carbonyl (C=O) groups is 2. The number of amides is 2. The fourth-order valence-electron chi connectivity index (χ4n) is 2.19. The monoisotopic (exact) mass is 398 g/mol. The highest BCUT2D eigenvalue weighted by Gasteiger charge is 2.22. The van der Waals surface area contributed by atoms with Gasteiger partial charge in [0.15, 0.2) is 11.6 Å². The minimum Gasteiger partial charge on any atom is -0.340 e. The van der Waals surface area contributed by atoms with Crippen LogP contribution in [0.3, 0.4) is 0 Å². The summed E-state index contributed by atoms with van der Waals surface area (Å²) >= 11 is 7.52. The smallest absolute Gasteiger partial charge is 0.253 e. The molecule has 138 valence electrons. The van der Waals surface area contributed by atoms with Crippen molar-refractivity contribution in [3.8, 4) is 0 Å². The number of hydrogen-bond acceptors (Lipinski definition) is 3. The van der Waals surface area contributed by atoms with Crippen molar-refractivity contribution in [2.45, 2.75) is 12.5 Å². The summed E-state index contributed by atoms with van der Waals surface area (Å²) < 4.78 is 26.3. The summed E-state index contributed by atoms with van der Waals surface area (Å²) in [6, 6.07) is 8.70. The van der Waals surface area contributed by atoms with Crippen molar-refractivity contribution in [1.82, 2.24) is 5.32 Å². The van der Waals surface area contributed by atoms with Crippen molar-refractivity contribution < 1.29 is 18.4 Å².